The summed E-state index contributed by atoms with van der Waals surface area (Å²) in [6, 6.07) is 0. The minimum atomic E-state index is -1.08. The zero-order valence-electron chi connectivity index (χ0n) is 12.4. The molecule has 0 radical (unpaired) electrons. The van der Waals surface area contributed by atoms with Crippen molar-refractivity contribution < 1.29 is 14.9 Å². The van der Waals surface area contributed by atoms with Crippen molar-refractivity contribution in [1.29, 1.82) is 0 Å². The topological polar surface area (TPSA) is 105 Å². The average Bonchev–Trinajstić information content (AvgIpc) is 2.80. The first-order valence-corrected chi connectivity index (χ1v) is 9.46. The van der Waals surface area contributed by atoms with Gasteiger partial charge in [0.1, 0.15) is 6.10 Å². The lowest BCUT2D eigenvalue weighted by atomic mass is 10.1. The van der Waals surface area contributed by atoms with Crippen LogP contribution in [-0.4, -0.2) is 50.1 Å². The van der Waals surface area contributed by atoms with Crippen LogP contribution in [0.5, 0.6) is 0 Å². The number of hydrogen-bond acceptors (Lipinski definition) is 7. The Labute approximate surface area is 135 Å². The Morgan fingerprint density at radius 3 is 2.82 bits per heavy atom. The van der Waals surface area contributed by atoms with Crippen LogP contribution in [0.1, 0.15) is 18.9 Å². The summed E-state index contributed by atoms with van der Waals surface area (Å²) in [5.41, 5.74) is -1.71. The molecule has 0 aromatic carbocycles. The number of H-pyrrole nitrogens is 1. The Balaban J connectivity index is 2.43. The highest BCUT2D eigenvalue weighted by Gasteiger charge is 2.47. The quantitative estimate of drug-likeness (QED) is 0.492. The van der Waals surface area contributed by atoms with E-state index in [1.807, 2.05) is 6.92 Å². The molecule has 0 bridgehead atoms. The standard InChI is InChI=1S/C13H20N2O5S2/c1-3-21-22-7-13(4-9(17)10(6-16)20-13)15-5-8(2)11(18)14-12(15)19/h5,9-10,16-17H,3-4,6-7H2,1-2H3,(H,14,18,19)/t9-,10+,13-/m0/s1. The van der Waals surface area contributed by atoms with Crippen molar-refractivity contribution in [2.75, 3.05) is 18.1 Å². The SMILES string of the molecule is CCSSC[C@]1(n2cc(C)c(=O)[nH]c2=O)C[C@H](O)[C@@H](CO)O1. The molecule has 1 aliphatic rings. The van der Waals surface area contributed by atoms with E-state index in [4.69, 9.17) is 4.74 Å². The van der Waals surface area contributed by atoms with E-state index >= 15 is 0 Å². The smallest absolute Gasteiger partial charge is 0.330 e. The lowest BCUT2D eigenvalue weighted by Crippen LogP contribution is -2.46. The third kappa shape index (κ3) is 3.43. The van der Waals surface area contributed by atoms with Gasteiger partial charge in [-0.05, 0) is 6.92 Å². The molecule has 1 fully saturated rings. The number of aromatic amines is 1. The van der Waals surface area contributed by atoms with Crippen LogP contribution in [0.4, 0.5) is 0 Å². The summed E-state index contributed by atoms with van der Waals surface area (Å²) in [6.45, 7) is 3.29. The fourth-order valence-corrected chi connectivity index (χ4v) is 4.49. The lowest BCUT2D eigenvalue weighted by molar-refractivity contribution is -0.104. The molecule has 2 rings (SSSR count). The highest BCUT2D eigenvalue weighted by molar-refractivity contribution is 8.76. The number of aliphatic hydroxyl groups excluding tert-OH is 2. The number of nitrogens with zero attached hydrogens (tertiary/aromatic N) is 1. The predicted molar refractivity (Wildman–Crippen MR) is 87.2 cm³/mol. The zero-order valence-corrected chi connectivity index (χ0v) is 14.1. The number of hydrogen-bond donors (Lipinski definition) is 3. The largest absolute Gasteiger partial charge is 0.394 e. The minimum absolute atomic E-state index is 0.181. The Hall–Kier alpha value is -0.740. The van der Waals surface area contributed by atoms with Crippen molar-refractivity contribution in [1.82, 2.24) is 9.55 Å². The van der Waals surface area contributed by atoms with Gasteiger partial charge in [-0.2, -0.15) is 0 Å². The molecule has 2 heterocycles. The third-order valence-electron chi connectivity index (χ3n) is 3.55. The molecule has 3 atom stereocenters. The average molecular weight is 348 g/mol. The van der Waals surface area contributed by atoms with Gasteiger partial charge in [0.2, 0.25) is 0 Å². The second kappa shape index (κ2) is 7.22. The fourth-order valence-electron chi connectivity index (χ4n) is 2.43. The number of rotatable bonds is 6. The van der Waals surface area contributed by atoms with E-state index in [1.165, 1.54) is 21.6 Å². The second-order valence-corrected chi connectivity index (χ2v) is 7.92. The van der Waals surface area contributed by atoms with Gasteiger partial charge in [0.15, 0.2) is 5.72 Å². The molecule has 22 heavy (non-hydrogen) atoms. The van der Waals surface area contributed by atoms with Crippen LogP contribution < -0.4 is 11.2 Å². The summed E-state index contributed by atoms with van der Waals surface area (Å²) in [5.74, 6) is 1.32. The van der Waals surface area contributed by atoms with Gasteiger partial charge < -0.3 is 14.9 Å². The molecule has 9 heteroatoms. The van der Waals surface area contributed by atoms with Crippen molar-refractivity contribution in [3.8, 4) is 0 Å². The van der Waals surface area contributed by atoms with E-state index in [1.54, 1.807) is 17.7 Å². The molecule has 3 N–H and O–H groups in total. The molecule has 1 saturated heterocycles. The second-order valence-electron chi connectivity index (χ2n) is 5.17. The summed E-state index contributed by atoms with van der Waals surface area (Å²) >= 11 is 0. The van der Waals surface area contributed by atoms with E-state index in [2.05, 4.69) is 4.98 Å². The van der Waals surface area contributed by atoms with E-state index in [-0.39, 0.29) is 13.0 Å². The van der Waals surface area contributed by atoms with Gasteiger partial charge in [0.05, 0.1) is 18.5 Å². The van der Waals surface area contributed by atoms with Crippen molar-refractivity contribution in [2.24, 2.45) is 0 Å². The van der Waals surface area contributed by atoms with Crippen LogP contribution in [0.25, 0.3) is 0 Å². The van der Waals surface area contributed by atoms with Crippen LogP contribution in [-0.2, 0) is 10.5 Å². The first kappa shape index (κ1) is 17.6. The first-order valence-electron chi connectivity index (χ1n) is 6.97. The molecule has 0 amide bonds. The van der Waals surface area contributed by atoms with E-state index in [9.17, 15) is 19.8 Å². The maximum Gasteiger partial charge on any atom is 0.330 e. The van der Waals surface area contributed by atoms with Crippen LogP contribution >= 0.6 is 21.6 Å². The van der Waals surface area contributed by atoms with Gasteiger partial charge in [0, 0.05) is 23.9 Å². The summed E-state index contributed by atoms with van der Waals surface area (Å²) in [6.07, 6.45) is 0.0221. The summed E-state index contributed by atoms with van der Waals surface area (Å²) in [4.78, 5) is 26.0. The lowest BCUT2D eigenvalue weighted by Gasteiger charge is -2.30. The summed E-state index contributed by atoms with van der Waals surface area (Å²) < 4.78 is 7.15. The minimum Gasteiger partial charge on any atom is -0.394 e. The Morgan fingerprint density at radius 1 is 1.50 bits per heavy atom. The molecule has 0 unspecified atom stereocenters. The highest BCUT2D eigenvalue weighted by Crippen LogP contribution is 2.39. The number of nitrogens with one attached hydrogen (secondary N) is 1. The van der Waals surface area contributed by atoms with Gasteiger partial charge in [-0.25, -0.2) is 4.79 Å². The summed E-state index contributed by atoms with van der Waals surface area (Å²) in [7, 11) is 3.14. The molecule has 0 saturated carbocycles. The zero-order chi connectivity index (χ0) is 16.3. The maximum atomic E-state index is 12.2. The molecule has 0 spiro atoms. The van der Waals surface area contributed by atoms with Gasteiger partial charge in [-0.15, -0.1) is 0 Å². The van der Waals surface area contributed by atoms with Gasteiger partial charge in [0.25, 0.3) is 5.56 Å². The fraction of sp³-hybridized carbons (Fsp3) is 0.692. The molecular weight excluding hydrogens is 328 g/mol. The van der Waals surface area contributed by atoms with E-state index < -0.39 is 29.2 Å². The van der Waals surface area contributed by atoms with Crippen LogP contribution in [0.15, 0.2) is 15.8 Å². The van der Waals surface area contributed by atoms with Crippen LogP contribution in [0.2, 0.25) is 0 Å². The number of aromatic nitrogens is 2. The molecule has 1 aromatic rings. The Morgan fingerprint density at radius 2 is 2.23 bits per heavy atom. The van der Waals surface area contributed by atoms with Crippen LogP contribution in [0, 0.1) is 6.92 Å². The van der Waals surface area contributed by atoms with Crippen LogP contribution in [0.3, 0.4) is 0 Å². The summed E-state index contributed by atoms with van der Waals surface area (Å²) in [5, 5.41) is 19.4. The Bertz CT molecular complexity index is 632. The number of ether oxygens (including phenoxy) is 1. The van der Waals surface area contributed by atoms with Crippen molar-refractivity contribution in [3.05, 3.63) is 32.6 Å². The van der Waals surface area contributed by atoms with Crippen molar-refractivity contribution >= 4 is 21.6 Å². The van der Waals surface area contributed by atoms with Gasteiger partial charge in [-0.3, -0.25) is 14.3 Å². The van der Waals surface area contributed by atoms with E-state index in [0.717, 1.165) is 5.75 Å². The van der Waals surface area contributed by atoms with Crippen molar-refractivity contribution in [2.45, 2.75) is 38.2 Å². The molecule has 124 valence electrons. The van der Waals surface area contributed by atoms with Crippen molar-refractivity contribution in [3.63, 3.8) is 0 Å². The number of aliphatic hydroxyl groups is 2. The maximum absolute atomic E-state index is 12.2. The molecule has 0 aliphatic carbocycles. The van der Waals surface area contributed by atoms with Gasteiger partial charge in [-0.1, -0.05) is 28.5 Å². The molecule has 1 aliphatic heterocycles. The molecule has 7 nitrogen and oxygen atoms in total. The molecule has 1 aromatic heterocycles. The van der Waals surface area contributed by atoms with E-state index in [0.29, 0.717) is 11.3 Å². The predicted octanol–water partition coefficient (Wildman–Crippen LogP) is 0.0412. The normalized spacial score (nSPS) is 28.2. The monoisotopic (exact) mass is 348 g/mol. The number of aryl methyl sites for hydroxylation is 1. The van der Waals surface area contributed by atoms with Gasteiger partial charge >= 0.3 is 5.69 Å². The highest BCUT2D eigenvalue weighted by atomic mass is 33.1. The third-order valence-corrected chi connectivity index (χ3v) is 6.08. The molecular formula is C13H20N2O5S2. The first-order chi connectivity index (χ1) is 10.4. The Kier molecular flexibility index (Phi) is 5.78.